The molecule has 1 atom stereocenters. The van der Waals surface area contributed by atoms with Gasteiger partial charge in [0.05, 0.1) is 12.6 Å². The summed E-state index contributed by atoms with van der Waals surface area (Å²) in [4.78, 5) is 2.41. The highest BCUT2D eigenvalue weighted by Gasteiger charge is 2.12. The van der Waals surface area contributed by atoms with Crippen LogP contribution >= 0.6 is 0 Å². The lowest BCUT2D eigenvalue weighted by molar-refractivity contribution is 0.161. The monoisotopic (exact) mass is 286 g/mol. The maximum atomic E-state index is 9.98. The lowest BCUT2D eigenvalue weighted by Gasteiger charge is -2.18. The quantitative estimate of drug-likeness (QED) is 0.852. The molecule has 3 rings (SSSR count). The van der Waals surface area contributed by atoms with Crippen molar-refractivity contribution in [1.29, 1.82) is 0 Å². The molecule has 1 aliphatic rings. The fourth-order valence-electron chi connectivity index (χ4n) is 2.69. The third kappa shape index (κ3) is 3.76. The van der Waals surface area contributed by atoms with E-state index >= 15 is 0 Å². The van der Waals surface area contributed by atoms with Gasteiger partial charge in [-0.1, -0.05) is 0 Å². The number of rotatable bonds is 6. The zero-order valence-electron chi connectivity index (χ0n) is 12.2. The largest absolute Gasteiger partial charge is 0.389 e. The van der Waals surface area contributed by atoms with Gasteiger partial charge >= 0.3 is 0 Å². The molecule has 1 aromatic heterocycles. The van der Waals surface area contributed by atoms with Gasteiger partial charge < -0.3 is 15.3 Å². The molecule has 21 heavy (non-hydrogen) atoms. The number of nitrogens with one attached hydrogen (secondary N) is 1. The fourth-order valence-corrected chi connectivity index (χ4v) is 2.69. The van der Waals surface area contributed by atoms with Crippen LogP contribution in [0.25, 0.3) is 0 Å². The molecule has 1 fully saturated rings. The highest BCUT2D eigenvalue weighted by Crippen LogP contribution is 2.21. The Kier molecular flexibility index (Phi) is 4.40. The van der Waals surface area contributed by atoms with Crippen LogP contribution in [0.3, 0.4) is 0 Å². The minimum absolute atomic E-state index is 0.455. The molecule has 5 heteroatoms. The summed E-state index contributed by atoms with van der Waals surface area (Å²) in [5.41, 5.74) is 2.33. The molecule has 0 radical (unpaired) electrons. The van der Waals surface area contributed by atoms with Crippen molar-refractivity contribution in [2.45, 2.75) is 25.5 Å². The second kappa shape index (κ2) is 6.63. The SMILES string of the molecule is OC(CNc1ccc(N2CCCC2)cc1)Cn1cccn1. The molecule has 1 saturated heterocycles. The van der Waals surface area contributed by atoms with Gasteiger partial charge in [0.1, 0.15) is 0 Å². The van der Waals surface area contributed by atoms with Crippen molar-refractivity contribution >= 4 is 11.4 Å². The Morgan fingerprint density at radius 3 is 2.62 bits per heavy atom. The average molecular weight is 286 g/mol. The number of aromatic nitrogens is 2. The molecule has 2 aromatic rings. The summed E-state index contributed by atoms with van der Waals surface area (Å²) in [6.45, 7) is 3.35. The number of aliphatic hydroxyl groups is 1. The summed E-state index contributed by atoms with van der Waals surface area (Å²) in [6, 6.07) is 10.3. The second-order valence-electron chi connectivity index (χ2n) is 5.50. The van der Waals surface area contributed by atoms with Gasteiger partial charge in [0.25, 0.3) is 0 Å². The molecular weight excluding hydrogens is 264 g/mol. The van der Waals surface area contributed by atoms with Crippen LogP contribution in [0.1, 0.15) is 12.8 Å². The minimum Gasteiger partial charge on any atom is -0.389 e. The van der Waals surface area contributed by atoms with Gasteiger partial charge in [-0.05, 0) is 43.2 Å². The van der Waals surface area contributed by atoms with Crippen LogP contribution < -0.4 is 10.2 Å². The number of benzene rings is 1. The van der Waals surface area contributed by atoms with Crippen LogP contribution in [0.15, 0.2) is 42.7 Å². The van der Waals surface area contributed by atoms with Gasteiger partial charge in [0.15, 0.2) is 0 Å². The second-order valence-corrected chi connectivity index (χ2v) is 5.50. The van der Waals surface area contributed by atoms with E-state index in [1.807, 2.05) is 12.3 Å². The van der Waals surface area contributed by atoms with Crippen LogP contribution in [0, 0.1) is 0 Å². The number of anilines is 2. The third-order valence-corrected chi connectivity index (χ3v) is 3.84. The Labute approximate surface area is 125 Å². The summed E-state index contributed by atoms with van der Waals surface area (Å²) in [5.74, 6) is 0. The summed E-state index contributed by atoms with van der Waals surface area (Å²) in [5, 5.41) is 17.3. The van der Waals surface area contributed by atoms with Gasteiger partial charge in [0.2, 0.25) is 0 Å². The first-order valence-electron chi connectivity index (χ1n) is 7.55. The molecule has 1 unspecified atom stereocenters. The van der Waals surface area contributed by atoms with E-state index in [9.17, 15) is 5.11 Å². The molecule has 1 aliphatic heterocycles. The van der Waals surface area contributed by atoms with E-state index in [-0.39, 0.29) is 0 Å². The van der Waals surface area contributed by atoms with Gasteiger partial charge in [0, 0.05) is 43.4 Å². The Balaban J connectivity index is 1.48. The Morgan fingerprint density at radius 1 is 1.19 bits per heavy atom. The fraction of sp³-hybridized carbons (Fsp3) is 0.438. The standard InChI is InChI=1S/C16H22N4O/c21-16(13-20-11-3-8-18-20)12-17-14-4-6-15(7-5-14)19-9-1-2-10-19/h3-8,11,16-17,21H,1-2,9-10,12-13H2. The number of hydrogen-bond donors (Lipinski definition) is 2. The zero-order valence-corrected chi connectivity index (χ0v) is 12.2. The van der Waals surface area contributed by atoms with Crippen molar-refractivity contribution < 1.29 is 5.11 Å². The molecule has 0 spiro atoms. The van der Waals surface area contributed by atoms with Gasteiger partial charge in [-0.3, -0.25) is 4.68 Å². The van der Waals surface area contributed by atoms with Crippen LogP contribution in [0.4, 0.5) is 11.4 Å². The lowest BCUT2D eigenvalue weighted by atomic mass is 10.2. The van der Waals surface area contributed by atoms with Crippen LogP contribution in [-0.2, 0) is 6.54 Å². The molecule has 0 saturated carbocycles. The molecule has 2 N–H and O–H groups in total. The minimum atomic E-state index is -0.455. The maximum Gasteiger partial charge on any atom is 0.0907 e. The predicted octanol–water partition coefficient (Wildman–Crippen LogP) is 1.96. The topological polar surface area (TPSA) is 53.3 Å². The lowest BCUT2D eigenvalue weighted by Crippen LogP contribution is -2.25. The first-order valence-corrected chi connectivity index (χ1v) is 7.55. The van der Waals surface area contributed by atoms with Crippen molar-refractivity contribution in [3.8, 4) is 0 Å². The van der Waals surface area contributed by atoms with E-state index < -0.39 is 6.10 Å². The van der Waals surface area contributed by atoms with E-state index in [1.165, 1.54) is 18.5 Å². The molecule has 112 valence electrons. The highest BCUT2D eigenvalue weighted by atomic mass is 16.3. The molecule has 2 heterocycles. The predicted molar refractivity (Wildman–Crippen MR) is 84.6 cm³/mol. The Bertz CT molecular complexity index is 532. The molecular formula is C16H22N4O. The average Bonchev–Trinajstić information content (AvgIpc) is 3.19. The van der Waals surface area contributed by atoms with Crippen LogP contribution in [-0.4, -0.2) is 40.6 Å². The third-order valence-electron chi connectivity index (χ3n) is 3.84. The van der Waals surface area contributed by atoms with Gasteiger partial charge in [-0.15, -0.1) is 0 Å². The van der Waals surface area contributed by atoms with E-state index in [0.29, 0.717) is 13.1 Å². The molecule has 0 bridgehead atoms. The summed E-state index contributed by atoms with van der Waals surface area (Å²) >= 11 is 0. The van der Waals surface area contributed by atoms with Crippen LogP contribution in [0.2, 0.25) is 0 Å². The Hall–Kier alpha value is -2.01. The van der Waals surface area contributed by atoms with Crippen LogP contribution in [0.5, 0.6) is 0 Å². The first kappa shape index (κ1) is 13.9. The Morgan fingerprint density at radius 2 is 1.95 bits per heavy atom. The van der Waals surface area contributed by atoms with Gasteiger partial charge in [-0.25, -0.2) is 0 Å². The summed E-state index contributed by atoms with van der Waals surface area (Å²) < 4.78 is 1.74. The zero-order chi connectivity index (χ0) is 14.5. The molecule has 0 amide bonds. The number of aliphatic hydroxyl groups excluding tert-OH is 1. The molecule has 0 aliphatic carbocycles. The maximum absolute atomic E-state index is 9.98. The molecule has 5 nitrogen and oxygen atoms in total. The van der Waals surface area contributed by atoms with E-state index in [1.54, 1.807) is 10.9 Å². The van der Waals surface area contributed by atoms with Crippen molar-refractivity contribution in [2.75, 3.05) is 29.9 Å². The van der Waals surface area contributed by atoms with E-state index in [0.717, 1.165) is 18.8 Å². The van der Waals surface area contributed by atoms with Crippen molar-refractivity contribution in [3.05, 3.63) is 42.7 Å². The summed E-state index contributed by atoms with van der Waals surface area (Å²) in [7, 11) is 0. The summed E-state index contributed by atoms with van der Waals surface area (Å²) in [6.07, 6.45) is 5.70. The van der Waals surface area contributed by atoms with Crippen molar-refractivity contribution in [3.63, 3.8) is 0 Å². The normalized spacial score (nSPS) is 16.1. The number of nitrogens with zero attached hydrogens (tertiary/aromatic N) is 3. The number of hydrogen-bond acceptors (Lipinski definition) is 4. The highest BCUT2D eigenvalue weighted by molar-refractivity contribution is 5.55. The van der Waals surface area contributed by atoms with Crippen molar-refractivity contribution in [2.24, 2.45) is 0 Å². The smallest absolute Gasteiger partial charge is 0.0907 e. The molecule has 1 aromatic carbocycles. The van der Waals surface area contributed by atoms with E-state index in [4.69, 9.17) is 0 Å². The van der Waals surface area contributed by atoms with Gasteiger partial charge in [-0.2, -0.15) is 5.10 Å². The first-order chi connectivity index (χ1) is 10.3. The van der Waals surface area contributed by atoms with Crippen molar-refractivity contribution in [1.82, 2.24) is 9.78 Å². The van der Waals surface area contributed by atoms with E-state index in [2.05, 4.69) is 39.6 Å².